The minimum absolute atomic E-state index is 0.0762. The summed E-state index contributed by atoms with van der Waals surface area (Å²) in [7, 11) is 1.33. The molecule has 6 nitrogen and oxygen atoms in total. The first-order valence-corrected chi connectivity index (χ1v) is 5.91. The molecule has 3 amide bonds. The first-order valence-electron chi connectivity index (χ1n) is 5.53. The number of hydrogen-bond acceptors (Lipinski definition) is 4. The summed E-state index contributed by atoms with van der Waals surface area (Å²) < 4.78 is 17.7. The lowest BCUT2D eigenvalue weighted by molar-refractivity contribution is -0.127. The minimum Gasteiger partial charge on any atom is -0.449 e. The Hall–Kier alpha value is -2.15. The summed E-state index contributed by atoms with van der Waals surface area (Å²) >= 11 is 5.69. The molecule has 108 valence electrons. The molecule has 0 fully saturated rings. The van der Waals surface area contributed by atoms with Crippen LogP contribution in [0.1, 0.15) is 17.3 Å². The molecule has 0 unspecified atom stereocenters. The molecule has 0 aliphatic heterocycles. The molecule has 1 aromatic carbocycles. The van der Waals surface area contributed by atoms with Crippen molar-refractivity contribution in [2.45, 2.75) is 13.0 Å². The topological polar surface area (TPSA) is 84.5 Å². The second-order valence-electron chi connectivity index (χ2n) is 3.74. The summed E-state index contributed by atoms with van der Waals surface area (Å²) in [5, 5.41) is 4.00. The number of halogens is 2. The summed E-state index contributed by atoms with van der Waals surface area (Å²) in [5.74, 6) is -2.29. The number of amides is 3. The van der Waals surface area contributed by atoms with Gasteiger partial charge in [-0.3, -0.25) is 10.1 Å². The van der Waals surface area contributed by atoms with E-state index in [0.717, 1.165) is 18.2 Å². The lowest BCUT2D eigenvalue weighted by atomic mass is 10.2. The molecule has 1 aromatic rings. The molecule has 0 aromatic heterocycles. The van der Waals surface area contributed by atoms with Gasteiger partial charge in [0, 0.05) is 7.05 Å². The molecular formula is C12H12ClFN2O4. The molecule has 0 heterocycles. The van der Waals surface area contributed by atoms with Gasteiger partial charge >= 0.3 is 12.0 Å². The average molecular weight is 303 g/mol. The van der Waals surface area contributed by atoms with Crippen LogP contribution in [-0.4, -0.2) is 31.1 Å². The van der Waals surface area contributed by atoms with Gasteiger partial charge in [-0.05, 0) is 25.1 Å². The highest BCUT2D eigenvalue weighted by Crippen LogP contribution is 2.18. The van der Waals surface area contributed by atoms with Crippen molar-refractivity contribution in [2.75, 3.05) is 7.05 Å². The molecule has 0 aliphatic rings. The summed E-state index contributed by atoms with van der Waals surface area (Å²) in [6, 6.07) is 2.41. The third-order valence-corrected chi connectivity index (χ3v) is 2.58. The normalized spacial score (nSPS) is 11.4. The van der Waals surface area contributed by atoms with Gasteiger partial charge < -0.3 is 10.1 Å². The van der Waals surface area contributed by atoms with Crippen molar-refractivity contribution in [3.8, 4) is 0 Å². The van der Waals surface area contributed by atoms with Gasteiger partial charge in [0.2, 0.25) is 0 Å². The molecule has 0 aliphatic carbocycles. The van der Waals surface area contributed by atoms with Crippen molar-refractivity contribution in [3.63, 3.8) is 0 Å². The number of carbonyl (C=O) groups is 3. The number of rotatable bonds is 3. The minimum atomic E-state index is -1.21. The molecule has 8 heteroatoms. The van der Waals surface area contributed by atoms with Crippen LogP contribution < -0.4 is 10.6 Å². The molecule has 0 saturated carbocycles. The van der Waals surface area contributed by atoms with E-state index in [2.05, 4.69) is 5.32 Å². The molecular weight excluding hydrogens is 291 g/mol. The van der Waals surface area contributed by atoms with E-state index in [1.165, 1.54) is 14.0 Å². The first kappa shape index (κ1) is 15.9. The maximum atomic E-state index is 12.8. The zero-order valence-corrected chi connectivity index (χ0v) is 11.5. The fourth-order valence-electron chi connectivity index (χ4n) is 1.21. The maximum Gasteiger partial charge on any atom is 0.340 e. The van der Waals surface area contributed by atoms with Gasteiger partial charge in [0.05, 0.1) is 10.6 Å². The van der Waals surface area contributed by atoms with E-state index in [1.807, 2.05) is 5.32 Å². The predicted molar refractivity (Wildman–Crippen MR) is 68.9 cm³/mol. The van der Waals surface area contributed by atoms with Crippen LogP contribution in [0.2, 0.25) is 5.02 Å². The van der Waals surface area contributed by atoms with Crippen molar-refractivity contribution in [1.82, 2.24) is 10.6 Å². The molecule has 0 radical (unpaired) electrons. The van der Waals surface area contributed by atoms with E-state index in [-0.39, 0.29) is 10.6 Å². The van der Waals surface area contributed by atoms with Crippen LogP contribution in [0.15, 0.2) is 18.2 Å². The zero-order chi connectivity index (χ0) is 15.3. The number of ether oxygens (including phenoxy) is 1. The number of benzene rings is 1. The van der Waals surface area contributed by atoms with Gasteiger partial charge in [-0.25, -0.2) is 14.0 Å². The van der Waals surface area contributed by atoms with Crippen LogP contribution in [-0.2, 0) is 9.53 Å². The molecule has 0 saturated heterocycles. The fraction of sp³-hybridized carbons (Fsp3) is 0.250. The van der Waals surface area contributed by atoms with Crippen molar-refractivity contribution >= 4 is 29.5 Å². The Morgan fingerprint density at radius 2 is 2.00 bits per heavy atom. The van der Waals surface area contributed by atoms with Crippen molar-refractivity contribution in [2.24, 2.45) is 0 Å². The van der Waals surface area contributed by atoms with Gasteiger partial charge in [0.15, 0.2) is 6.10 Å². The third-order valence-electron chi connectivity index (χ3n) is 2.27. The van der Waals surface area contributed by atoms with E-state index >= 15 is 0 Å². The van der Waals surface area contributed by atoms with E-state index in [0.29, 0.717) is 0 Å². The van der Waals surface area contributed by atoms with E-state index in [9.17, 15) is 18.8 Å². The molecule has 1 rings (SSSR count). The van der Waals surface area contributed by atoms with Gasteiger partial charge in [-0.2, -0.15) is 0 Å². The standard InChI is InChI=1S/C12H12ClFN2O4/c1-6(10(17)16-12(19)15-2)20-11(18)8-4-3-7(14)5-9(8)13/h3-6H,1-2H3,(H2,15,16,17,19)/t6-/m1/s1. The molecule has 20 heavy (non-hydrogen) atoms. The smallest absolute Gasteiger partial charge is 0.340 e. The lowest BCUT2D eigenvalue weighted by Gasteiger charge is -2.13. The molecule has 0 bridgehead atoms. The van der Waals surface area contributed by atoms with Crippen LogP contribution in [0.4, 0.5) is 9.18 Å². The van der Waals surface area contributed by atoms with Crippen LogP contribution in [0.5, 0.6) is 0 Å². The number of hydrogen-bond donors (Lipinski definition) is 2. The Kier molecular flexibility index (Phi) is 5.45. The van der Waals surface area contributed by atoms with Crippen LogP contribution in [0.3, 0.4) is 0 Å². The Bertz CT molecular complexity index is 550. The van der Waals surface area contributed by atoms with Gasteiger partial charge in [0.1, 0.15) is 5.82 Å². The average Bonchev–Trinajstić information content (AvgIpc) is 2.37. The van der Waals surface area contributed by atoms with Crippen LogP contribution >= 0.6 is 11.6 Å². The largest absolute Gasteiger partial charge is 0.449 e. The summed E-state index contributed by atoms with van der Waals surface area (Å²) in [5.41, 5.74) is -0.0762. The highest BCUT2D eigenvalue weighted by atomic mass is 35.5. The van der Waals surface area contributed by atoms with E-state index < -0.39 is 29.8 Å². The van der Waals surface area contributed by atoms with Gasteiger partial charge in [-0.15, -0.1) is 0 Å². The highest BCUT2D eigenvalue weighted by Gasteiger charge is 2.21. The van der Waals surface area contributed by atoms with Gasteiger partial charge in [-0.1, -0.05) is 11.6 Å². The van der Waals surface area contributed by atoms with Crippen molar-refractivity contribution in [1.29, 1.82) is 0 Å². The third kappa shape index (κ3) is 4.20. The lowest BCUT2D eigenvalue weighted by Crippen LogP contribution is -2.43. The number of imide groups is 1. The number of urea groups is 1. The predicted octanol–water partition coefficient (Wildman–Crippen LogP) is 1.48. The second kappa shape index (κ2) is 6.85. The summed E-state index contributed by atoms with van der Waals surface area (Å²) in [4.78, 5) is 34.1. The Morgan fingerprint density at radius 1 is 1.35 bits per heavy atom. The number of nitrogens with one attached hydrogen (secondary N) is 2. The van der Waals surface area contributed by atoms with Gasteiger partial charge in [0.25, 0.3) is 5.91 Å². The fourth-order valence-corrected chi connectivity index (χ4v) is 1.45. The Morgan fingerprint density at radius 3 is 2.55 bits per heavy atom. The first-order chi connectivity index (χ1) is 9.35. The van der Waals surface area contributed by atoms with Crippen LogP contribution in [0.25, 0.3) is 0 Å². The van der Waals surface area contributed by atoms with E-state index in [1.54, 1.807) is 0 Å². The molecule has 2 N–H and O–H groups in total. The molecule has 1 atom stereocenters. The van der Waals surface area contributed by atoms with Crippen molar-refractivity contribution < 1.29 is 23.5 Å². The maximum absolute atomic E-state index is 12.8. The summed E-state index contributed by atoms with van der Waals surface area (Å²) in [6.07, 6.45) is -1.21. The molecule has 0 spiro atoms. The number of carbonyl (C=O) groups excluding carboxylic acids is 3. The van der Waals surface area contributed by atoms with Crippen molar-refractivity contribution in [3.05, 3.63) is 34.6 Å². The van der Waals surface area contributed by atoms with Crippen LogP contribution in [0, 0.1) is 5.82 Å². The SMILES string of the molecule is CNC(=O)NC(=O)[C@@H](C)OC(=O)c1ccc(F)cc1Cl. The zero-order valence-electron chi connectivity index (χ0n) is 10.7. The van der Waals surface area contributed by atoms with E-state index in [4.69, 9.17) is 16.3 Å². The Labute approximate surface area is 119 Å². The summed E-state index contributed by atoms with van der Waals surface area (Å²) in [6.45, 7) is 1.29. The monoisotopic (exact) mass is 302 g/mol. The number of esters is 1. The highest BCUT2D eigenvalue weighted by molar-refractivity contribution is 6.33. The Balaban J connectivity index is 2.70. The quantitative estimate of drug-likeness (QED) is 0.828. The second-order valence-corrected chi connectivity index (χ2v) is 4.15.